The number of ketones is 1. The van der Waals surface area contributed by atoms with Crippen molar-refractivity contribution in [3.63, 3.8) is 0 Å². The van der Waals surface area contributed by atoms with Crippen LogP contribution >= 0.6 is 0 Å². The zero-order valence-electron chi connectivity index (χ0n) is 12.6. The first kappa shape index (κ1) is 17.9. The van der Waals surface area contributed by atoms with Gasteiger partial charge in [-0.05, 0) is 48.5 Å². The van der Waals surface area contributed by atoms with E-state index in [1.54, 1.807) is 0 Å². The summed E-state index contributed by atoms with van der Waals surface area (Å²) in [5.41, 5.74) is -0.517. The normalized spacial score (nSPS) is 12.1. The van der Waals surface area contributed by atoms with Crippen LogP contribution in [-0.2, 0) is 5.92 Å². The summed E-state index contributed by atoms with van der Waals surface area (Å²) in [6, 6.07) is 9.86. The van der Waals surface area contributed by atoms with Crippen LogP contribution in [-0.4, -0.2) is 23.4 Å². The van der Waals surface area contributed by atoms with Gasteiger partial charge in [0.15, 0.2) is 5.78 Å². The zero-order chi connectivity index (χ0) is 18.0. The minimum Gasteiger partial charge on any atom is -0.457 e. The molecule has 0 saturated heterocycles. The molecule has 0 fully saturated rings. The second kappa shape index (κ2) is 6.60. The molecule has 0 aliphatic rings. The van der Waals surface area contributed by atoms with Crippen molar-refractivity contribution in [3.8, 4) is 11.5 Å². The van der Waals surface area contributed by atoms with E-state index in [-0.39, 0.29) is 12.7 Å². The summed E-state index contributed by atoms with van der Waals surface area (Å²) in [4.78, 5) is 11.3. The predicted octanol–water partition coefficient (Wildman–Crippen LogP) is 4.40. The summed E-state index contributed by atoms with van der Waals surface area (Å²) in [6.07, 6.45) is 0. The number of halogens is 4. The molecule has 0 saturated carbocycles. The van der Waals surface area contributed by atoms with Crippen molar-refractivity contribution in [2.75, 3.05) is 6.61 Å². The van der Waals surface area contributed by atoms with Gasteiger partial charge in [-0.25, -0.2) is 0 Å². The Morgan fingerprint density at radius 1 is 0.958 bits per heavy atom. The van der Waals surface area contributed by atoms with Crippen LogP contribution in [0.4, 0.5) is 17.6 Å². The third-order valence-electron chi connectivity index (χ3n) is 3.32. The molecule has 0 atom stereocenters. The molecule has 2 aromatic carbocycles. The van der Waals surface area contributed by atoms with Crippen LogP contribution in [0, 0.1) is 0 Å². The minimum absolute atomic E-state index is 0.159. The monoisotopic (exact) mass is 342 g/mol. The average Bonchev–Trinajstić information content (AvgIpc) is 2.54. The fourth-order valence-electron chi connectivity index (χ4n) is 1.92. The van der Waals surface area contributed by atoms with E-state index < -0.39 is 29.8 Å². The second-order valence-electron chi connectivity index (χ2n) is 5.19. The number of Topliss-reactive ketones (excluding diaryl/α,β-unsaturated/α-hetero) is 1. The molecule has 0 heterocycles. The van der Waals surface area contributed by atoms with Gasteiger partial charge in [0, 0.05) is 18.1 Å². The fraction of sp³-hybridized carbons (Fsp3) is 0.235. The number of hydrogen-bond donors (Lipinski definition) is 1. The Morgan fingerprint density at radius 2 is 1.42 bits per heavy atom. The Hall–Kier alpha value is -2.41. The van der Waals surface area contributed by atoms with Crippen molar-refractivity contribution >= 4 is 5.78 Å². The van der Waals surface area contributed by atoms with Crippen LogP contribution in [0.25, 0.3) is 0 Å². The van der Waals surface area contributed by atoms with Crippen molar-refractivity contribution < 1.29 is 32.2 Å². The third kappa shape index (κ3) is 3.73. The van der Waals surface area contributed by atoms with Gasteiger partial charge in [0.05, 0.1) is 0 Å². The molecular weight excluding hydrogens is 328 g/mol. The van der Waals surface area contributed by atoms with Crippen molar-refractivity contribution in [2.45, 2.75) is 18.8 Å². The number of alkyl halides is 4. The molecule has 0 amide bonds. The van der Waals surface area contributed by atoms with Crippen LogP contribution in [0.1, 0.15) is 22.8 Å². The maximum Gasteiger partial charge on any atom is 0.335 e. The number of rotatable bonds is 6. The number of ether oxygens (including phenoxy) is 1. The highest BCUT2D eigenvalue weighted by Crippen LogP contribution is 2.42. The number of aliphatic hydroxyl groups is 1. The van der Waals surface area contributed by atoms with E-state index in [4.69, 9.17) is 9.84 Å². The molecule has 2 rings (SSSR count). The third-order valence-corrected chi connectivity index (χ3v) is 3.32. The van der Waals surface area contributed by atoms with Crippen LogP contribution < -0.4 is 4.74 Å². The molecule has 0 aromatic heterocycles. The largest absolute Gasteiger partial charge is 0.457 e. The molecule has 0 spiro atoms. The number of aliphatic hydroxyl groups excluding tert-OH is 1. The van der Waals surface area contributed by atoms with Crippen LogP contribution in [0.2, 0.25) is 0 Å². The first-order chi connectivity index (χ1) is 11.1. The molecule has 0 unspecified atom stereocenters. The van der Waals surface area contributed by atoms with Crippen LogP contribution in [0.15, 0.2) is 48.5 Å². The van der Waals surface area contributed by atoms with E-state index in [9.17, 15) is 22.4 Å². The molecule has 0 aliphatic carbocycles. The van der Waals surface area contributed by atoms with Crippen molar-refractivity contribution in [2.24, 2.45) is 0 Å². The standard InChI is InChI=1S/C17H14F4O3/c1-16(18,19)17(20,21)12-4-8-14(9-5-12)24-13-6-2-11(3-7-13)15(23)10-22/h2-9,22H,10H2,1H3. The molecule has 128 valence electrons. The summed E-state index contributed by atoms with van der Waals surface area (Å²) in [6.45, 7) is -0.454. The zero-order valence-corrected chi connectivity index (χ0v) is 12.6. The number of hydrogen-bond acceptors (Lipinski definition) is 3. The molecule has 7 heteroatoms. The highest BCUT2D eigenvalue weighted by atomic mass is 19.3. The minimum atomic E-state index is -4.28. The summed E-state index contributed by atoms with van der Waals surface area (Å²) in [5.74, 6) is -8.41. The Balaban J connectivity index is 2.13. The first-order valence-corrected chi connectivity index (χ1v) is 6.93. The molecule has 0 radical (unpaired) electrons. The van der Waals surface area contributed by atoms with Gasteiger partial charge in [-0.1, -0.05) is 0 Å². The lowest BCUT2D eigenvalue weighted by atomic mass is 10.0. The van der Waals surface area contributed by atoms with Gasteiger partial charge in [0.25, 0.3) is 0 Å². The van der Waals surface area contributed by atoms with E-state index in [0.717, 1.165) is 24.3 Å². The second-order valence-corrected chi connectivity index (χ2v) is 5.19. The summed E-state index contributed by atoms with van der Waals surface area (Å²) < 4.78 is 58.3. The lowest BCUT2D eigenvalue weighted by Gasteiger charge is -2.23. The summed E-state index contributed by atoms with van der Waals surface area (Å²) >= 11 is 0. The van der Waals surface area contributed by atoms with Crippen molar-refractivity contribution in [1.82, 2.24) is 0 Å². The Kier molecular flexibility index (Phi) is 4.94. The Morgan fingerprint density at radius 3 is 1.83 bits per heavy atom. The first-order valence-electron chi connectivity index (χ1n) is 6.93. The Labute approximate surface area is 135 Å². The van der Waals surface area contributed by atoms with Gasteiger partial charge >= 0.3 is 11.8 Å². The summed E-state index contributed by atoms with van der Waals surface area (Å²) in [7, 11) is 0. The van der Waals surface area contributed by atoms with E-state index in [1.807, 2.05) is 0 Å². The maximum atomic E-state index is 13.5. The predicted molar refractivity (Wildman–Crippen MR) is 78.9 cm³/mol. The number of benzene rings is 2. The van der Waals surface area contributed by atoms with E-state index >= 15 is 0 Å². The van der Waals surface area contributed by atoms with E-state index in [2.05, 4.69) is 0 Å². The molecule has 0 bridgehead atoms. The van der Waals surface area contributed by atoms with Crippen LogP contribution in [0.3, 0.4) is 0 Å². The number of carbonyl (C=O) groups excluding carboxylic acids is 1. The van der Waals surface area contributed by atoms with Gasteiger partial charge in [0.1, 0.15) is 18.1 Å². The number of carbonyl (C=O) groups is 1. The maximum absolute atomic E-state index is 13.5. The SMILES string of the molecule is CC(F)(F)C(F)(F)c1ccc(Oc2ccc(C(=O)CO)cc2)cc1. The van der Waals surface area contributed by atoms with Gasteiger partial charge in [-0.15, -0.1) is 0 Å². The average molecular weight is 342 g/mol. The lowest BCUT2D eigenvalue weighted by molar-refractivity contribution is -0.204. The molecule has 0 aliphatic heterocycles. The van der Waals surface area contributed by atoms with Gasteiger partial charge in [0.2, 0.25) is 0 Å². The molecule has 2 aromatic rings. The Bertz CT molecular complexity index is 704. The molecule has 1 N–H and O–H groups in total. The van der Waals surface area contributed by atoms with Crippen molar-refractivity contribution in [3.05, 3.63) is 59.7 Å². The van der Waals surface area contributed by atoms with E-state index in [0.29, 0.717) is 11.3 Å². The fourth-order valence-corrected chi connectivity index (χ4v) is 1.92. The quantitative estimate of drug-likeness (QED) is 0.625. The lowest BCUT2D eigenvalue weighted by Crippen LogP contribution is -2.34. The molecule has 3 nitrogen and oxygen atoms in total. The summed E-state index contributed by atoms with van der Waals surface area (Å²) in [5, 5.41) is 8.75. The van der Waals surface area contributed by atoms with Gasteiger partial charge < -0.3 is 9.84 Å². The van der Waals surface area contributed by atoms with Crippen LogP contribution in [0.5, 0.6) is 11.5 Å². The van der Waals surface area contributed by atoms with Crippen molar-refractivity contribution in [1.29, 1.82) is 0 Å². The molecule has 24 heavy (non-hydrogen) atoms. The van der Waals surface area contributed by atoms with E-state index in [1.165, 1.54) is 24.3 Å². The highest BCUT2D eigenvalue weighted by Gasteiger charge is 2.53. The smallest absolute Gasteiger partial charge is 0.335 e. The highest BCUT2D eigenvalue weighted by molar-refractivity contribution is 5.96. The topological polar surface area (TPSA) is 46.5 Å². The molecular formula is C17H14F4O3. The van der Waals surface area contributed by atoms with Gasteiger partial charge in [-0.3, -0.25) is 4.79 Å². The van der Waals surface area contributed by atoms with Gasteiger partial charge in [-0.2, -0.15) is 17.6 Å².